The number of ether oxygens (including phenoxy) is 3. The molecule has 0 saturated heterocycles. The van der Waals surface area contributed by atoms with Gasteiger partial charge in [-0.15, -0.1) is 0 Å². The van der Waals surface area contributed by atoms with E-state index in [0.29, 0.717) is 22.7 Å². The summed E-state index contributed by atoms with van der Waals surface area (Å²) in [6.45, 7) is 2.28. The van der Waals surface area contributed by atoms with Gasteiger partial charge in [-0.2, -0.15) is 0 Å². The molecule has 0 bridgehead atoms. The number of amides is 1. The number of sulfonamides is 1. The zero-order valence-corrected chi connectivity index (χ0v) is 15.8. The van der Waals surface area contributed by atoms with Crippen molar-refractivity contribution in [3.8, 4) is 11.5 Å². The summed E-state index contributed by atoms with van der Waals surface area (Å²) in [5.74, 6) is 0.739. The Morgan fingerprint density at radius 1 is 1.15 bits per heavy atom. The fourth-order valence-electron chi connectivity index (χ4n) is 2.55. The summed E-state index contributed by atoms with van der Waals surface area (Å²) in [5.41, 5.74) is 1.45. The SMILES string of the molecule is COCCNS(=O)(=O)c1ccc(C)c(C(=O)Nc2ccc3c(c2)OCO3)c1. The summed E-state index contributed by atoms with van der Waals surface area (Å²) in [6.07, 6.45) is 0. The molecule has 2 aromatic rings. The highest BCUT2D eigenvalue weighted by molar-refractivity contribution is 7.89. The molecule has 1 aliphatic heterocycles. The highest BCUT2D eigenvalue weighted by Crippen LogP contribution is 2.34. The first-order valence-electron chi connectivity index (χ1n) is 8.21. The first kappa shape index (κ1) is 19.2. The van der Waals surface area contributed by atoms with Gasteiger partial charge in [0, 0.05) is 31.0 Å². The number of carbonyl (C=O) groups excluding carboxylic acids is 1. The molecule has 3 rings (SSSR count). The highest BCUT2D eigenvalue weighted by Gasteiger charge is 2.19. The van der Waals surface area contributed by atoms with E-state index < -0.39 is 15.9 Å². The van der Waals surface area contributed by atoms with Gasteiger partial charge < -0.3 is 19.5 Å². The fraction of sp³-hybridized carbons (Fsp3) is 0.278. The number of anilines is 1. The first-order valence-corrected chi connectivity index (χ1v) is 9.69. The van der Waals surface area contributed by atoms with Crippen LogP contribution in [0.15, 0.2) is 41.3 Å². The van der Waals surface area contributed by atoms with Crippen LogP contribution < -0.4 is 19.5 Å². The van der Waals surface area contributed by atoms with Gasteiger partial charge in [0.2, 0.25) is 16.8 Å². The summed E-state index contributed by atoms with van der Waals surface area (Å²) in [5, 5.41) is 2.75. The number of benzene rings is 2. The standard InChI is InChI=1S/C18H20N2O6S/c1-12-3-5-14(27(22,23)19-7-8-24-2)10-15(12)18(21)20-13-4-6-16-17(9-13)26-11-25-16/h3-6,9-10,19H,7-8,11H2,1-2H3,(H,20,21). The van der Waals surface area contributed by atoms with E-state index in [4.69, 9.17) is 14.2 Å². The van der Waals surface area contributed by atoms with Crippen molar-refractivity contribution in [2.45, 2.75) is 11.8 Å². The number of carbonyl (C=O) groups is 1. The van der Waals surface area contributed by atoms with Crippen molar-refractivity contribution < 1.29 is 27.4 Å². The lowest BCUT2D eigenvalue weighted by atomic mass is 10.1. The molecule has 1 aliphatic rings. The minimum atomic E-state index is -3.73. The Hall–Kier alpha value is -2.62. The van der Waals surface area contributed by atoms with Crippen LogP contribution >= 0.6 is 0 Å². The predicted octanol–water partition coefficient (Wildman–Crippen LogP) is 1.90. The van der Waals surface area contributed by atoms with Crippen LogP contribution in [0.5, 0.6) is 11.5 Å². The Balaban J connectivity index is 1.80. The largest absolute Gasteiger partial charge is 0.454 e. The Kier molecular flexibility index (Phi) is 5.64. The number of fused-ring (bicyclic) bond motifs is 1. The van der Waals surface area contributed by atoms with Gasteiger partial charge in [-0.1, -0.05) is 6.07 Å². The minimum absolute atomic E-state index is 0.0139. The second-order valence-corrected chi connectivity index (χ2v) is 7.66. The van der Waals surface area contributed by atoms with Crippen molar-refractivity contribution >= 4 is 21.6 Å². The summed E-state index contributed by atoms with van der Waals surface area (Å²) in [6, 6.07) is 9.45. The summed E-state index contributed by atoms with van der Waals surface area (Å²) in [4.78, 5) is 12.7. The average Bonchev–Trinajstić information content (AvgIpc) is 3.09. The summed E-state index contributed by atoms with van der Waals surface area (Å²) < 4.78 is 42.5. The Bertz CT molecular complexity index is 958. The van der Waals surface area contributed by atoms with E-state index in [9.17, 15) is 13.2 Å². The third-order valence-corrected chi connectivity index (χ3v) is 5.45. The van der Waals surface area contributed by atoms with Gasteiger partial charge >= 0.3 is 0 Å². The number of aryl methyl sites for hydroxylation is 1. The molecule has 2 aromatic carbocycles. The van der Waals surface area contributed by atoms with Crippen LogP contribution in [0.4, 0.5) is 5.69 Å². The maximum absolute atomic E-state index is 12.7. The van der Waals surface area contributed by atoms with E-state index in [1.165, 1.54) is 19.2 Å². The highest BCUT2D eigenvalue weighted by atomic mass is 32.2. The topological polar surface area (TPSA) is 103 Å². The van der Waals surface area contributed by atoms with Crippen LogP contribution in [0.3, 0.4) is 0 Å². The van der Waals surface area contributed by atoms with Crippen molar-refractivity contribution in [3.05, 3.63) is 47.5 Å². The Labute approximate surface area is 157 Å². The van der Waals surface area contributed by atoms with E-state index in [-0.39, 0.29) is 30.4 Å². The van der Waals surface area contributed by atoms with Gasteiger partial charge in [-0.3, -0.25) is 4.79 Å². The molecule has 0 fully saturated rings. The number of nitrogens with one attached hydrogen (secondary N) is 2. The van der Waals surface area contributed by atoms with Crippen LogP contribution in [-0.4, -0.2) is 41.4 Å². The number of rotatable bonds is 7. The molecule has 0 radical (unpaired) electrons. The molecule has 1 heterocycles. The molecule has 144 valence electrons. The van der Waals surface area contributed by atoms with Crippen LogP contribution in [0.1, 0.15) is 15.9 Å². The zero-order valence-electron chi connectivity index (χ0n) is 14.9. The van der Waals surface area contributed by atoms with Gasteiger partial charge in [0.15, 0.2) is 11.5 Å². The maximum atomic E-state index is 12.7. The zero-order chi connectivity index (χ0) is 19.4. The molecule has 2 N–H and O–H groups in total. The molecule has 1 amide bonds. The summed E-state index contributed by atoms with van der Waals surface area (Å²) in [7, 11) is -2.25. The smallest absolute Gasteiger partial charge is 0.255 e. The average molecular weight is 392 g/mol. The second kappa shape index (κ2) is 7.95. The Morgan fingerprint density at radius 3 is 2.70 bits per heavy atom. The normalized spacial score (nSPS) is 12.8. The van der Waals surface area contributed by atoms with E-state index in [1.54, 1.807) is 31.2 Å². The molecule has 9 heteroatoms. The number of hydrogen-bond acceptors (Lipinski definition) is 6. The van der Waals surface area contributed by atoms with E-state index in [1.807, 2.05) is 0 Å². The van der Waals surface area contributed by atoms with Crippen LogP contribution in [0.2, 0.25) is 0 Å². The van der Waals surface area contributed by atoms with Gasteiger partial charge in [0.1, 0.15) is 0 Å². The van der Waals surface area contributed by atoms with Gasteiger partial charge in [0.05, 0.1) is 11.5 Å². The Morgan fingerprint density at radius 2 is 1.93 bits per heavy atom. The monoisotopic (exact) mass is 392 g/mol. The lowest BCUT2D eigenvalue weighted by molar-refractivity contribution is 0.102. The van der Waals surface area contributed by atoms with E-state index in [2.05, 4.69) is 10.0 Å². The number of hydrogen-bond donors (Lipinski definition) is 2. The lowest BCUT2D eigenvalue weighted by Crippen LogP contribution is -2.27. The lowest BCUT2D eigenvalue weighted by Gasteiger charge is -2.11. The van der Waals surface area contributed by atoms with Crippen molar-refractivity contribution in [2.75, 3.05) is 32.4 Å². The van der Waals surface area contributed by atoms with Crippen molar-refractivity contribution in [1.82, 2.24) is 4.72 Å². The van der Waals surface area contributed by atoms with Crippen molar-refractivity contribution in [1.29, 1.82) is 0 Å². The fourth-order valence-corrected chi connectivity index (χ4v) is 3.59. The van der Waals surface area contributed by atoms with Gasteiger partial charge in [0.25, 0.3) is 5.91 Å². The van der Waals surface area contributed by atoms with Crippen molar-refractivity contribution in [2.24, 2.45) is 0 Å². The minimum Gasteiger partial charge on any atom is -0.454 e. The molecular formula is C18H20N2O6S. The molecule has 8 nitrogen and oxygen atoms in total. The number of methoxy groups -OCH3 is 1. The van der Waals surface area contributed by atoms with E-state index >= 15 is 0 Å². The maximum Gasteiger partial charge on any atom is 0.255 e. The molecule has 0 aliphatic carbocycles. The third kappa shape index (κ3) is 4.38. The molecule has 0 spiro atoms. The predicted molar refractivity (Wildman–Crippen MR) is 98.8 cm³/mol. The second-order valence-electron chi connectivity index (χ2n) is 5.89. The van der Waals surface area contributed by atoms with Gasteiger partial charge in [-0.25, -0.2) is 13.1 Å². The van der Waals surface area contributed by atoms with Crippen LogP contribution in [0.25, 0.3) is 0 Å². The van der Waals surface area contributed by atoms with Crippen LogP contribution in [-0.2, 0) is 14.8 Å². The molecule has 0 atom stereocenters. The molecule has 0 unspecified atom stereocenters. The van der Waals surface area contributed by atoms with E-state index in [0.717, 1.165) is 0 Å². The molecule has 0 saturated carbocycles. The van der Waals surface area contributed by atoms with Crippen molar-refractivity contribution in [3.63, 3.8) is 0 Å². The van der Waals surface area contributed by atoms with Crippen LogP contribution in [0, 0.1) is 6.92 Å². The first-order chi connectivity index (χ1) is 12.9. The third-order valence-electron chi connectivity index (χ3n) is 3.99. The molecule has 27 heavy (non-hydrogen) atoms. The van der Waals surface area contributed by atoms with Gasteiger partial charge in [-0.05, 0) is 36.8 Å². The molecule has 0 aromatic heterocycles. The summed E-state index contributed by atoms with van der Waals surface area (Å²) >= 11 is 0. The molecular weight excluding hydrogens is 372 g/mol. The quantitative estimate of drug-likeness (QED) is 0.698.